The first-order valence-corrected chi connectivity index (χ1v) is 6.67. The zero-order chi connectivity index (χ0) is 15.6. The van der Waals surface area contributed by atoms with Crippen molar-refractivity contribution in [2.24, 2.45) is 0 Å². The number of rotatable bonds is 2. The molecule has 0 amide bonds. The van der Waals surface area contributed by atoms with Gasteiger partial charge >= 0.3 is 12.1 Å². The van der Waals surface area contributed by atoms with E-state index in [9.17, 15) is 18.0 Å². The Labute approximate surface area is 127 Å². The zero-order valence-corrected chi connectivity index (χ0v) is 12.5. The predicted molar refractivity (Wildman–Crippen MR) is 75.9 cm³/mol. The minimum Gasteiger partial charge on any atom is -0.465 e. The molecule has 0 aromatic heterocycles. The summed E-state index contributed by atoms with van der Waals surface area (Å²) >= 11 is 3.28. The van der Waals surface area contributed by atoms with Gasteiger partial charge in [-0.1, -0.05) is 28.1 Å². The van der Waals surface area contributed by atoms with Gasteiger partial charge in [-0.25, -0.2) is 4.79 Å². The van der Waals surface area contributed by atoms with Crippen LogP contribution in [0.1, 0.15) is 15.9 Å². The minimum atomic E-state index is -4.39. The van der Waals surface area contributed by atoms with Crippen LogP contribution in [-0.4, -0.2) is 13.1 Å². The van der Waals surface area contributed by atoms with Crippen molar-refractivity contribution in [2.75, 3.05) is 7.11 Å². The van der Waals surface area contributed by atoms with Crippen molar-refractivity contribution >= 4 is 21.9 Å². The highest BCUT2D eigenvalue weighted by molar-refractivity contribution is 9.10. The average molecular weight is 359 g/mol. The Kier molecular flexibility index (Phi) is 4.37. The van der Waals surface area contributed by atoms with Crippen molar-refractivity contribution in [3.05, 3.63) is 58.1 Å². The molecule has 110 valence electrons. The summed E-state index contributed by atoms with van der Waals surface area (Å²) in [5.41, 5.74) is 0.566. The monoisotopic (exact) mass is 358 g/mol. The Balaban J connectivity index is 2.51. The highest BCUT2D eigenvalue weighted by Crippen LogP contribution is 2.33. The molecule has 2 rings (SSSR count). The normalized spacial score (nSPS) is 11.3. The number of ether oxygens (including phenoxy) is 1. The second kappa shape index (κ2) is 5.89. The summed E-state index contributed by atoms with van der Waals surface area (Å²) in [7, 11) is 1.25. The SMILES string of the molecule is COC(=O)c1ccc(Br)cc1-c1ccc(C(F)(F)F)cc1. The summed E-state index contributed by atoms with van der Waals surface area (Å²) in [4.78, 5) is 11.7. The molecule has 0 bridgehead atoms. The number of halogens is 4. The van der Waals surface area contributed by atoms with Crippen LogP contribution in [0.5, 0.6) is 0 Å². The van der Waals surface area contributed by atoms with Crippen LogP contribution in [0.15, 0.2) is 46.9 Å². The van der Waals surface area contributed by atoms with Gasteiger partial charge in [0.15, 0.2) is 0 Å². The van der Waals surface area contributed by atoms with Crippen molar-refractivity contribution in [3.8, 4) is 11.1 Å². The first-order valence-electron chi connectivity index (χ1n) is 5.88. The maximum Gasteiger partial charge on any atom is 0.416 e. The summed E-state index contributed by atoms with van der Waals surface area (Å²) in [6.45, 7) is 0. The van der Waals surface area contributed by atoms with Crippen LogP contribution in [0.4, 0.5) is 13.2 Å². The van der Waals surface area contributed by atoms with Gasteiger partial charge in [0.1, 0.15) is 0 Å². The van der Waals surface area contributed by atoms with E-state index in [4.69, 9.17) is 0 Å². The Bertz CT molecular complexity index is 664. The molecule has 0 fully saturated rings. The molecule has 0 atom stereocenters. The van der Waals surface area contributed by atoms with Crippen molar-refractivity contribution in [1.82, 2.24) is 0 Å². The van der Waals surface area contributed by atoms with Gasteiger partial charge in [-0.2, -0.15) is 13.2 Å². The first-order chi connectivity index (χ1) is 9.82. The highest BCUT2D eigenvalue weighted by Gasteiger charge is 2.30. The lowest BCUT2D eigenvalue weighted by atomic mass is 9.98. The Morgan fingerprint density at radius 2 is 1.71 bits per heavy atom. The molecule has 0 aliphatic carbocycles. The molecule has 0 saturated heterocycles. The van der Waals surface area contributed by atoms with Gasteiger partial charge in [-0.3, -0.25) is 0 Å². The van der Waals surface area contributed by atoms with E-state index in [0.29, 0.717) is 21.2 Å². The lowest BCUT2D eigenvalue weighted by Crippen LogP contribution is -2.05. The maximum atomic E-state index is 12.6. The number of methoxy groups -OCH3 is 1. The number of carbonyl (C=O) groups excluding carboxylic acids is 1. The molecule has 2 aromatic rings. The predicted octanol–water partition coefficient (Wildman–Crippen LogP) is 4.92. The number of benzene rings is 2. The third-order valence-corrected chi connectivity index (χ3v) is 3.40. The Hall–Kier alpha value is -1.82. The number of hydrogen-bond donors (Lipinski definition) is 0. The fourth-order valence-corrected chi connectivity index (χ4v) is 2.24. The van der Waals surface area contributed by atoms with Crippen molar-refractivity contribution in [1.29, 1.82) is 0 Å². The van der Waals surface area contributed by atoms with E-state index in [-0.39, 0.29) is 0 Å². The average Bonchev–Trinajstić information content (AvgIpc) is 2.45. The largest absolute Gasteiger partial charge is 0.465 e. The fraction of sp³-hybridized carbons (Fsp3) is 0.133. The molecule has 2 nitrogen and oxygen atoms in total. The number of carbonyl (C=O) groups is 1. The van der Waals surface area contributed by atoms with Crippen molar-refractivity contribution in [2.45, 2.75) is 6.18 Å². The van der Waals surface area contributed by atoms with Crippen LogP contribution in [0.25, 0.3) is 11.1 Å². The molecule has 0 heterocycles. The van der Waals surface area contributed by atoms with E-state index in [1.807, 2.05) is 0 Å². The molecular formula is C15H10BrF3O2. The summed E-state index contributed by atoms with van der Waals surface area (Å²) in [6, 6.07) is 9.51. The summed E-state index contributed by atoms with van der Waals surface area (Å²) < 4.78 is 43.1. The molecule has 0 aliphatic rings. The topological polar surface area (TPSA) is 26.3 Å². The fourth-order valence-electron chi connectivity index (χ4n) is 1.88. The van der Waals surface area contributed by atoms with Crippen molar-refractivity contribution < 1.29 is 22.7 Å². The molecule has 6 heteroatoms. The van der Waals surface area contributed by atoms with Crippen LogP contribution in [-0.2, 0) is 10.9 Å². The number of esters is 1. The smallest absolute Gasteiger partial charge is 0.416 e. The third kappa shape index (κ3) is 3.44. The standard InChI is InChI=1S/C15H10BrF3O2/c1-21-14(20)12-7-6-11(16)8-13(12)9-2-4-10(5-3-9)15(17,18)19/h2-8H,1H3. The molecule has 0 aliphatic heterocycles. The zero-order valence-electron chi connectivity index (χ0n) is 10.9. The Morgan fingerprint density at radius 3 is 2.24 bits per heavy atom. The van der Waals surface area contributed by atoms with Crippen LogP contribution < -0.4 is 0 Å². The van der Waals surface area contributed by atoms with Gasteiger partial charge in [0.2, 0.25) is 0 Å². The maximum absolute atomic E-state index is 12.6. The second-order valence-corrected chi connectivity index (χ2v) is 5.17. The molecule has 0 N–H and O–H groups in total. The summed E-state index contributed by atoms with van der Waals surface area (Å²) in [6.07, 6.45) is -4.39. The second-order valence-electron chi connectivity index (χ2n) is 4.26. The molecule has 2 aromatic carbocycles. The van der Waals surface area contributed by atoms with Crippen LogP contribution in [0.2, 0.25) is 0 Å². The van der Waals surface area contributed by atoms with E-state index in [1.54, 1.807) is 18.2 Å². The van der Waals surface area contributed by atoms with Gasteiger partial charge in [0, 0.05) is 4.47 Å². The van der Waals surface area contributed by atoms with Gasteiger partial charge in [0.05, 0.1) is 18.2 Å². The lowest BCUT2D eigenvalue weighted by Gasteiger charge is -2.11. The lowest BCUT2D eigenvalue weighted by molar-refractivity contribution is -0.137. The van der Waals surface area contributed by atoms with Crippen LogP contribution in [0.3, 0.4) is 0 Å². The summed E-state index contributed by atoms with van der Waals surface area (Å²) in [5, 5.41) is 0. The van der Waals surface area contributed by atoms with Crippen molar-refractivity contribution in [3.63, 3.8) is 0 Å². The van der Waals surface area contributed by atoms with Gasteiger partial charge < -0.3 is 4.74 Å². The van der Waals surface area contributed by atoms with Gasteiger partial charge in [0.25, 0.3) is 0 Å². The molecule has 21 heavy (non-hydrogen) atoms. The third-order valence-electron chi connectivity index (χ3n) is 2.91. The quantitative estimate of drug-likeness (QED) is 0.712. The molecule has 0 spiro atoms. The van der Waals surface area contributed by atoms with E-state index in [0.717, 1.165) is 12.1 Å². The van der Waals surface area contributed by atoms with E-state index in [2.05, 4.69) is 20.7 Å². The van der Waals surface area contributed by atoms with E-state index >= 15 is 0 Å². The van der Waals surface area contributed by atoms with Gasteiger partial charge in [-0.15, -0.1) is 0 Å². The molecule has 0 saturated carbocycles. The number of hydrogen-bond acceptors (Lipinski definition) is 2. The molecular weight excluding hydrogens is 349 g/mol. The minimum absolute atomic E-state index is 0.292. The van der Waals surface area contributed by atoms with Gasteiger partial charge in [-0.05, 0) is 41.5 Å². The van der Waals surface area contributed by atoms with Crippen LogP contribution >= 0.6 is 15.9 Å². The molecule has 0 radical (unpaired) electrons. The van der Waals surface area contributed by atoms with Crippen LogP contribution in [0, 0.1) is 0 Å². The number of alkyl halides is 3. The van der Waals surface area contributed by atoms with E-state index < -0.39 is 17.7 Å². The first kappa shape index (κ1) is 15.6. The summed E-state index contributed by atoms with van der Waals surface area (Å²) in [5.74, 6) is -0.544. The molecule has 0 unspecified atom stereocenters. The highest BCUT2D eigenvalue weighted by atomic mass is 79.9. The Morgan fingerprint density at radius 1 is 1.10 bits per heavy atom. The van der Waals surface area contributed by atoms with E-state index in [1.165, 1.54) is 19.2 Å².